The SMILES string of the molecule is CC.CC.CC.CC1CCCC1.CC1CCCCC1.Cc1ccccc1. The Morgan fingerprint density at radius 1 is 0.538 bits per heavy atom. The molecule has 0 heteroatoms. The van der Waals surface area contributed by atoms with Crippen molar-refractivity contribution in [3.05, 3.63) is 35.9 Å². The first-order chi connectivity index (χ1) is 12.7. The smallest absolute Gasteiger partial charge is 0.0398 e. The van der Waals surface area contributed by atoms with Gasteiger partial charge in [0.25, 0.3) is 0 Å². The van der Waals surface area contributed by atoms with Crippen molar-refractivity contribution in [3.8, 4) is 0 Å². The van der Waals surface area contributed by atoms with Gasteiger partial charge in [-0.05, 0) is 18.8 Å². The normalized spacial score (nSPS) is 15.7. The highest BCUT2D eigenvalue weighted by molar-refractivity contribution is 5.11. The lowest BCUT2D eigenvalue weighted by Gasteiger charge is -2.15. The Labute approximate surface area is 168 Å². The summed E-state index contributed by atoms with van der Waals surface area (Å²) in [6.45, 7) is 18.8. The van der Waals surface area contributed by atoms with Gasteiger partial charge in [-0.1, -0.05) is 149 Å². The van der Waals surface area contributed by atoms with Gasteiger partial charge in [0.05, 0.1) is 0 Å². The van der Waals surface area contributed by atoms with Crippen LogP contribution in [0.3, 0.4) is 0 Å². The number of hydrogen-bond acceptors (Lipinski definition) is 0. The number of rotatable bonds is 0. The van der Waals surface area contributed by atoms with Crippen LogP contribution in [-0.2, 0) is 0 Å². The fourth-order valence-electron chi connectivity index (χ4n) is 2.97. The molecule has 0 heterocycles. The molecule has 0 aliphatic heterocycles. The van der Waals surface area contributed by atoms with E-state index in [-0.39, 0.29) is 0 Å². The minimum Gasteiger partial charge on any atom is -0.0683 e. The van der Waals surface area contributed by atoms with Gasteiger partial charge >= 0.3 is 0 Å². The highest BCUT2D eigenvalue weighted by atomic mass is 14.1. The molecule has 2 aliphatic rings. The highest BCUT2D eigenvalue weighted by Crippen LogP contribution is 2.23. The van der Waals surface area contributed by atoms with Crippen molar-refractivity contribution >= 4 is 0 Å². The van der Waals surface area contributed by atoms with E-state index < -0.39 is 0 Å². The van der Waals surface area contributed by atoms with Crippen LogP contribution < -0.4 is 0 Å². The number of aryl methyl sites for hydroxylation is 1. The molecule has 2 aliphatic carbocycles. The van der Waals surface area contributed by atoms with Crippen molar-refractivity contribution in [2.75, 3.05) is 0 Å². The molecular formula is C26H52. The maximum atomic E-state index is 2.36. The first kappa shape index (κ1) is 30.0. The van der Waals surface area contributed by atoms with Crippen LogP contribution in [0.5, 0.6) is 0 Å². The Morgan fingerprint density at radius 2 is 0.846 bits per heavy atom. The van der Waals surface area contributed by atoms with E-state index in [2.05, 4.69) is 32.9 Å². The monoisotopic (exact) mass is 364 g/mol. The zero-order valence-electron chi connectivity index (χ0n) is 19.9. The topological polar surface area (TPSA) is 0 Å². The van der Waals surface area contributed by atoms with Crippen molar-refractivity contribution in [1.29, 1.82) is 0 Å². The molecule has 0 atom stereocenters. The van der Waals surface area contributed by atoms with Crippen molar-refractivity contribution < 1.29 is 0 Å². The number of benzene rings is 1. The molecule has 2 saturated carbocycles. The number of hydrogen-bond donors (Lipinski definition) is 0. The van der Waals surface area contributed by atoms with Crippen LogP contribution in [0.1, 0.15) is 119 Å². The van der Waals surface area contributed by atoms with E-state index in [1.54, 1.807) is 0 Å². The lowest BCUT2D eigenvalue weighted by molar-refractivity contribution is 0.385. The van der Waals surface area contributed by atoms with Gasteiger partial charge < -0.3 is 0 Å². The van der Waals surface area contributed by atoms with Crippen LogP contribution in [0.25, 0.3) is 0 Å². The van der Waals surface area contributed by atoms with E-state index in [1.807, 2.05) is 59.7 Å². The molecule has 0 bridgehead atoms. The molecule has 26 heavy (non-hydrogen) atoms. The Hall–Kier alpha value is -0.780. The van der Waals surface area contributed by atoms with Crippen LogP contribution in [0, 0.1) is 18.8 Å². The molecule has 2 fully saturated rings. The van der Waals surface area contributed by atoms with Gasteiger partial charge in [-0.3, -0.25) is 0 Å². The van der Waals surface area contributed by atoms with Gasteiger partial charge in [-0.15, -0.1) is 0 Å². The lowest BCUT2D eigenvalue weighted by atomic mass is 9.91. The van der Waals surface area contributed by atoms with Gasteiger partial charge in [-0.25, -0.2) is 0 Å². The summed E-state index contributed by atoms with van der Waals surface area (Å²) in [6.07, 6.45) is 13.4. The van der Waals surface area contributed by atoms with Gasteiger partial charge in [-0.2, -0.15) is 0 Å². The summed E-state index contributed by atoms with van der Waals surface area (Å²) in [6, 6.07) is 10.3. The third kappa shape index (κ3) is 23.2. The summed E-state index contributed by atoms with van der Waals surface area (Å²) in [5.41, 5.74) is 1.32. The van der Waals surface area contributed by atoms with Crippen molar-refractivity contribution in [3.63, 3.8) is 0 Å². The van der Waals surface area contributed by atoms with Crippen LogP contribution in [0.2, 0.25) is 0 Å². The molecule has 0 radical (unpaired) electrons. The maximum Gasteiger partial charge on any atom is -0.0398 e. The van der Waals surface area contributed by atoms with E-state index in [0.717, 1.165) is 11.8 Å². The molecule has 1 aromatic rings. The zero-order chi connectivity index (χ0) is 20.6. The second-order valence-electron chi connectivity index (χ2n) is 6.79. The first-order valence-electron chi connectivity index (χ1n) is 11.7. The lowest BCUT2D eigenvalue weighted by Crippen LogP contribution is -1.99. The third-order valence-electron chi connectivity index (χ3n) is 4.48. The van der Waals surface area contributed by atoms with Crippen LogP contribution in [-0.4, -0.2) is 0 Å². The standard InChI is InChI=1S/C7H14.C7H8.C6H12.3C2H6/c2*1-7-5-3-2-4-6-7;1-6-4-2-3-5-6;3*1-2/h7H,2-6H2,1H3;2-6H,1H3;6H,2-5H2,1H3;3*1-2H3. The van der Waals surface area contributed by atoms with E-state index >= 15 is 0 Å². The predicted molar refractivity (Wildman–Crippen MR) is 125 cm³/mol. The highest BCUT2D eigenvalue weighted by Gasteiger charge is 2.07. The zero-order valence-corrected chi connectivity index (χ0v) is 19.9. The fraction of sp³-hybridized carbons (Fsp3) is 0.769. The second-order valence-corrected chi connectivity index (χ2v) is 6.79. The van der Waals surface area contributed by atoms with E-state index in [9.17, 15) is 0 Å². The summed E-state index contributed by atoms with van der Waals surface area (Å²) in [4.78, 5) is 0. The Balaban J connectivity index is -0.000000267. The molecule has 0 unspecified atom stereocenters. The van der Waals surface area contributed by atoms with Gasteiger partial charge in [0.15, 0.2) is 0 Å². The average molecular weight is 365 g/mol. The Bertz CT molecular complexity index is 302. The second kappa shape index (κ2) is 26.4. The quantitative estimate of drug-likeness (QED) is 0.429. The molecule has 0 nitrogen and oxygen atoms in total. The fourth-order valence-corrected chi connectivity index (χ4v) is 2.97. The largest absolute Gasteiger partial charge is 0.0683 e. The molecule has 0 N–H and O–H groups in total. The van der Waals surface area contributed by atoms with Crippen LogP contribution in [0.15, 0.2) is 30.3 Å². The summed E-state index contributed by atoms with van der Waals surface area (Å²) in [5.74, 6) is 2.08. The molecule has 0 amide bonds. The molecule has 3 rings (SSSR count). The maximum absolute atomic E-state index is 2.36. The summed E-state index contributed by atoms with van der Waals surface area (Å²) in [5, 5.41) is 0. The van der Waals surface area contributed by atoms with Gasteiger partial charge in [0.1, 0.15) is 0 Å². The van der Waals surface area contributed by atoms with Crippen molar-refractivity contribution in [1.82, 2.24) is 0 Å². The van der Waals surface area contributed by atoms with E-state index in [4.69, 9.17) is 0 Å². The minimum absolute atomic E-state index is 1.04. The van der Waals surface area contributed by atoms with E-state index in [0.29, 0.717) is 0 Å². The Morgan fingerprint density at radius 3 is 1.00 bits per heavy atom. The van der Waals surface area contributed by atoms with Crippen molar-refractivity contribution in [2.24, 2.45) is 11.8 Å². The van der Waals surface area contributed by atoms with Gasteiger partial charge in [0.2, 0.25) is 0 Å². The summed E-state index contributed by atoms with van der Waals surface area (Å²) < 4.78 is 0. The van der Waals surface area contributed by atoms with Crippen LogP contribution >= 0.6 is 0 Å². The molecule has 0 spiro atoms. The molecule has 156 valence electrons. The van der Waals surface area contributed by atoms with Gasteiger partial charge in [0, 0.05) is 0 Å². The van der Waals surface area contributed by atoms with Crippen LogP contribution in [0.4, 0.5) is 0 Å². The molecule has 1 aromatic carbocycles. The Kier molecular flexibility index (Phi) is 30.5. The van der Waals surface area contributed by atoms with Crippen molar-refractivity contribution in [2.45, 2.75) is 120 Å². The molecular weight excluding hydrogens is 312 g/mol. The van der Waals surface area contributed by atoms with E-state index in [1.165, 1.54) is 63.4 Å². The summed E-state index contributed by atoms with van der Waals surface area (Å²) >= 11 is 0. The molecule has 0 aromatic heterocycles. The predicted octanol–water partition coefficient (Wildman–Crippen LogP) is 9.86. The summed E-state index contributed by atoms with van der Waals surface area (Å²) in [7, 11) is 0. The third-order valence-corrected chi connectivity index (χ3v) is 4.48. The average Bonchev–Trinajstić information content (AvgIpc) is 3.20. The first-order valence-corrected chi connectivity index (χ1v) is 11.7. The molecule has 0 saturated heterocycles. The minimum atomic E-state index is 1.04.